The molecule has 1 unspecified atom stereocenters. The zero-order valence-corrected chi connectivity index (χ0v) is 11.3. The molecule has 0 bridgehead atoms. The molecule has 6 heteroatoms. The van der Waals surface area contributed by atoms with Crippen LogP contribution in [0, 0.1) is 11.8 Å². The lowest BCUT2D eigenvalue weighted by Crippen LogP contribution is -2.57. The van der Waals surface area contributed by atoms with Crippen molar-refractivity contribution in [3.8, 4) is 0 Å². The maximum absolute atomic E-state index is 11.8. The SMILES string of the molecule is CC(NC(=O)NCC1CCOCC1)(C(=O)O)C1CC1. The molecule has 0 aromatic rings. The largest absolute Gasteiger partial charge is 0.480 e. The van der Waals surface area contributed by atoms with Crippen LogP contribution in [0.3, 0.4) is 0 Å². The summed E-state index contributed by atoms with van der Waals surface area (Å²) in [5.41, 5.74) is -1.14. The van der Waals surface area contributed by atoms with Crippen molar-refractivity contribution in [1.29, 1.82) is 0 Å². The Labute approximate surface area is 112 Å². The van der Waals surface area contributed by atoms with Crippen molar-refractivity contribution in [1.82, 2.24) is 10.6 Å². The molecule has 3 N–H and O–H groups in total. The number of hydrogen-bond acceptors (Lipinski definition) is 3. The van der Waals surface area contributed by atoms with Crippen molar-refractivity contribution < 1.29 is 19.4 Å². The topological polar surface area (TPSA) is 87.7 Å². The van der Waals surface area contributed by atoms with E-state index in [4.69, 9.17) is 4.74 Å². The highest BCUT2D eigenvalue weighted by Gasteiger charge is 2.48. The first kappa shape index (κ1) is 14.1. The molecule has 19 heavy (non-hydrogen) atoms. The summed E-state index contributed by atoms with van der Waals surface area (Å²) in [6.07, 6.45) is 3.62. The number of amides is 2. The quantitative estimate of drug-likeness (QED) is 0.694. The molecule has 108 valence electrons. The summed E-state index contributed by atoms with van der Waals surface area (Å²) < 4.78 is 5.25. The van der Waals surface area contributed by atoms with Gasteiger partial charge in [-0.2, -0.15) is 0 Å². The molecule has 1 heterocycles. The fourth-order valence-electron chi connectivity index (χ4n) is 2.46. The number of urea groups is 1. The van der Waals surface area contributed by atoms with Gasteiger partial charge in [0.05, 0.1) is 0 Å². The molecule has 2 rings (SSSR count). The van der Waals surface area contributed by atoms with Crippen LogP contribution in [0.2, 0.25) is 0 Å². The first-order chi connectivity index (χ1) is 9.02. The molecule has 2 amide bonds. The number of carbonyl (C=O) groups excluding carboxylic acids is 1. The summed E-state index contributed by atoms with van der Waals surface area (Å²) in [5, 5.41) is 14.6. The predicted molar refractivity (Wildman–Crippen MR) is 68.8 cm³/mol. The molecule has 6 nitrogen and oxygen atoms in total. The van der Waals surface area contributed by atoms with E-state index in [1.54, 1.807) is 6.92 Å². The molecule has 1 saturated carbocycles. The fourth-order valence-corrected chi connectivity index (χ4v) is 2.46. The van der Waals surface area contributed by atoms with Crippen LogP contribution in [-0.4, -0.2) is 42.4 Å². The van der Waals surface area contributed by atoms with Gasteiger partial charge >= 0.3 is 12.0 Å². The number of hydrogen-bond donors (Lipinski definition) is 3. The second-order valence-corrected chi connectivity index (χ2v) is 5.67. The number of carboxylic acid groups (broad SMARTS) is 1. The number of carboxylic acids is 1. The van der Waals surface area contributed by atoms with Crippen LogP contribution in [0.25, 0.3) is 0 Å². The number of carbonyl (C=O) groups is 2. The van der Waals surface area contributed by atoms with Crippen LogP contribution >= 0.6 is 0 Å². The molecule has 1 aliphatic carbocycles. The number of rotatable bonds is 5. The Bertz CT molecular complexity index is 351. The van der Waals surface area contributed by atoms with Crippen LogP contribution in [0.5, 0.6) is 0 Å². The standard InChI is InChI=1S/C13H22N2O4/c1-13(11(16)17,10-2-3-10)15-12(18)14-8-9-4-6-19-7-5-9/h9-10H,2-8H2,1H3,(H,16,17)(H2,14,15,18). The van der Waals surface area contributed by atoms with Crippen LogP contribution in [0.1, 0.15) is 32.6 Å². The van der Waals surface area contributed by atoms with Gasteiger partial charge in [0.1, 0.15) is 5.54 Å². The number of nitrogens with one attached hydrogen (secondary N) is 2. The van der Waals surface area contributed by atoms with Crippen molar-refractivity contribution in [3.05, 3.63) is 0 Å². The van der Waals surface area contributed by atoms with Gasteiger partial charge < -0.3 is 20.5 Å². The number of aliphatic carboxylic acids is 1. The smallest absolute Gasteiger partial charge is 0.329 e. The number of ether oxygens (including phenoxy) is 1. The summed E-state index contributed by atoms with van der Waals surface area (Å²) in [6, 6.07) is -0.386. The molecular weight excluding hydrogens is 248 g/mol. The molecule has 0 aromatic heterocycles. The minimum absolute atomic E-state index is 0.0545. The van der Waals surface area contributed by atoms with Crippen LogP contribution in [0.15, 0.2) is 0 Å². The molecule has 0 aromatic carbocycles. The monoisotopic (exact) mass is 270 g/mol. The maximum atomic E-state index is 11.8. The van der Waals surface area contributed by atoms with Gasteiger partial charge in [0.2, 0.25) is 0 Å². The Morgan fingerprint density at radius 1 is 1.26 bits per heavy atom. The minimum atomic E-state index is -1.14. The maximum Gasteiger partial charge on any atom is 0.329 e. The Kier molecular flexibility index (Phi) is 4.29. The summed E-state index contributed by atoms with van der Waals surface area (Å²) in [6.45, 7) is 3.64. The van der Waals surface area contributed by atoms with E-state index < -0.39 is 11.5 Å². The third-order valence-electron chi connectivity index (χ3n) is 4.10. The molecule has 0 radical (unpaired) electrons. The van der Waals surface area contributed by atoms with Crippen molar-refractivity contribution in [2.24, 2.45) is 11.8 Å². The van der Waals surface area contributed by atoms with Crippen molar-refractivity contribution >= 4 is 12.0 Å². The highest BCUT2D eigenvalue weighted by atomic mass is 16.5. The van der Waals surface area contributed by atoms with Gasteiger partial charge in [0, 0.05) is 19.8 Å². The van der Waals surface area contributed by atoms with Gasteiger partial charge in [-0.25, -0.2) is 9.59 Å². The second kappa shape index (κ2) is 5.77. The molecule has 2 fully saturated rings. The average molecular weight is 270 g/mol. The zero-order valence-electron chi connectivity index (χ0n) is 11.3. The van der Waals surface area contributed by atoms with Crippen LogP contribution in [-0.2, 0) is 9.53 Å². The lowest BCUT2D eigenvalue weighted by Gasteiger charge is -2.27. The summed E-state index contributed by atoms with van der Waals surface area (Å²) in [7, 11) is 0. The fraction of sp³-hybridized carbons (Fsp3) is 0.846. The highest BCUT2D eigenvalue weighted by Crippen LogP contribution is 2.39. The normalized spacial score (nSPS) is 23.4. The second-order valence-electron chi connectivity index (χ2n) is 5.67. The van der Waals surface area contributed by atoms with Gasteiger partial charge in [-0.15, -0.1) is 0 Å². The minimum Gasteiger partial charge on any atom is -0.480 e. The average Bonchev–Trinajstić information content (AvgIpc) is 3.22. The van der Waals surface area contributed by atoms with E-state index in [9.17, 15) is 14.7 Å². The Hall–Kier alpha value is -1.30. The van der Waals surface area contributed by atoms with E-state index in [1.165, 1.54) is 0 Å². The van der Waals surface area contributed by atoms with Crippen molar-refractivity contribution in [3.63, 3.8) is 0 Å². The molecule has 1 atom stereocenters. The van der Waals surface area contributed by atoms with Gasteiger partial charge in [-0.05, 0) is 44.4 Å². The third kappa shape index (κ3) is 3.59. The Morgan fingerprint density at radius 3 is 2.42 bits per heavy atom. The summed E-state index contributed by atoms with van der Waals surface area (Å²) in [5.74, 6) is -0.480. The Morgan fingerprint density at radius 2 is 1.89 bits per heavy atom. The first-order valence-electron chi connectivity index (χ1n) is 6.89. The van der Waals surface area contributed by atoms with E-state index in [0.29, 0.717) is 12.5 Å². The van der Waals surface area contributed by atoms with Crippen LogP contribution in [0.4, 0.5) is 4.79 Å². The van der Waals surface area contributed by atoms with Gasteiger partial charge in [-0.1, -0.05) is 0 Å². The lowest BCUT2D eigenvalue weighted by atomic mass is 9.96. The molecule has 2 aliphatic rings. The zero-order chi connectivity index (χ0) is 13.9. The Balaban J connectivity index is 1.77. The van der Waals surface area contributed by atoms with Crippen molar-refractivity contribution in [2.75, 3.05) is 19.8 Å². The van der Waals surface area contributed by atoms with E-state index >= 15 is 0 Å². The van der Waals surface area contributed by atoms with Crippen LogP contribution < -0.4 is 10.6 Å². The van der Waals surface area contributed by atoms with E-state index in [-0.39, 0.29) is 11.9 Å². The first-order valence-corrected chi connectivity index (χ1v) is 6.89. The predicted octanol–water partition coefficient (Wildman–Crippen LogP) is 0.965. The van der Waals surface area contributed by atoms with Gasteiger partial charge in [-0.3, -0.25) is 0 Å². The molecule has 1 saturated heterocycles. The van der Waals surface area contributed by atoms with Gasteiger partial charge in [0.25, 0.3) is 0 Å². The highest BCUT2D eigenvalue weighted by molar-refractivity contribution is 5.86. The molecular formula is C13H22N2O4. The summed E-state index contributed by atoms with van der Waals surface area (Å²) >= 11 is 0. The lowest BCUT2D eigenvalue weighted by molar-refractivity contribution is -0.144. The summed E-state index contributed by atoms with van der Waals surface area (Å²) in [4.78, 5) is 23.1. The third-order valence-corrected chi connectivity index (χ3v) is 4.10. The molecule has 1 aliphatic heterocycles. The molecule has 0 spiro atoms. The van der Waals surface area contributed by atoms with E-state index in [0.717, 1.165) is 38.9 Å². The van der Waals surface area contributed by atoms with E-state index in [2.05, 4.69) is 10.6 Å². The van der Waals surface area contributed by atoms with Crippen molar-refractivity contribution in [2.45, 2.75) is 38.1 Å². The van der Waals surface area contributed by atoms with E-state index in [1.807, 2.05) is 0 Å². The van der Waals surface area contributed by atoms with Gasteiger partial charge in [0.15, 0.2) is 0 Å².